The number of nitrogens with one attached hydrogen (secondary N) is 1. The summed E-state index contributed by atoms with van der Waals surface area (Å²) in [6, 6.07) is 3.69. The molecule has 210 valence electrons. The van der Waals surface area contributed by atoms with Crippen LogP contribution in [-0.4, -0.2) is 77.5 Å². The van der Waals surface area contributed by atoms with Crippen LogP contribution in [0.25, 0.3) is 27.5 Å². The molecule has 0 spiro atoms. The first-order valence-electron chi connectivity index (χ1n) is 13.1. The van der Waals surface area contributed by atoms with Crippen LogP contribution in [0.3, 0.4) is 0 Å². The summed E-state index contributed by atoms with van der Waals surface area (Å²) in [6.45, 7) is 2.00. The second-order valence-electron chi connectivity index (χ2n) is 10.6. The largest absolute Gasteiger partial charge is 0.382 e. The lowest BCUT2D eigenvalue weighted by atomic mass is 9.87. The number of nitrogens with zero attached hydrogens (tertiary/aromatic N) is 8. The monoisotopic (exact) mass is 590 g/mol. The molecule has 2 aliphatic rings. The highest BCUT2D eigenvalue weighted by Crippen LogP contribution is 2.45. The lowest BCUT2D eigenvalue weighted by Gasteiger charge is -2.38. The minimum Gasteiger partial charge on any atom is -0.382 e. The maximum atomic E-state index is 13.2. The number of amides is 1. The predicted octanol–water partition coefficient (Wildman–Crippen LogP) is 2.88. The molecule has 13 nitrogen and oxygen atoms in total. The maximum Gasteiger partial charge on any atom is 0.276 e. The molecule has 7 rings (SSSR count). The molecule has 7 heterocycles. The first kappa shape index (κ1) is 25.7. The van der Waals surface area contributed by atoms with E-state index in [1.807, 2.05) is 30.2 Å². The van der Waals surface area contributed by atoms with Gasteiger partial charge in [-0.15, -0.1) is 11.3 Å². The van der Waals surface area contributed by atoms with Crippen LogP contribution in [0.1, 0.15) is 52.7 Å². The summed E-state index contributed by atoms with van der Waals surface area (Å²) in [4.78, 5) is 30.1. The van der Waals surface area contributed by atoms with Gasteiger partial charge in [-0.05, 0) is 38.7 Å². The number of hydrogen-bond acceptors (Lipinski definition) is 11. The zero-order chi connectivity index (χ0) is 28.5. The Kier molecular flexibility index (Phi) is 5.90. The Morgan fingerprint density at radius 2 is 1.88 bits per heavy atom. The van der Waals surface area contributed by atoms with Crippen molar-refractivity contribution in [3.05, 3.63) is 53.2 Å². The number of thiazole rings is 1. The number of carbonyl (C=O) groups is 1. The standard InChI is InChI=1S/C26H26N10O3S2/c1-13-9-29-25(40-13)19-6-3-14(10-28-19)18-11-31-36-23(27)22(41(2,38)39)21(32-24(18)36)15-7-16-4-5-17(8-15)35(16)26(37)20-12-30-34-33-20/h3,6,9-12,15-17H,4-5,7-8,27H2,1-2H3,(H,30,33,34)/t15?,16-,17?/m1/s1. The van der Waals surface area contributed by atoms with Crippen LogP contribution in [0.4, 0.5) is 5.82 Å². The van der Waals surface area contributed by atoms with Crippen molar-refractivity contribution >= 4 is 38.5 Å². The molecule has 2 unspecified atom stereocenters. The smallest absolute Gasteiger partial charge is 0.276 e. The number of aromatic nitrogens is 8. The van der Waals surface area contributed by atoms with E-state index in [4.69, 9.17) is 10.7 Å². The van der Waals surface area contributed by atoms with E-state index in [0.29, 0.717) is 29.7 Å². The Balaban J connectivity index is 1.28. The van der Waals surface area contributed by atoms with Gasteiger partial charge in [0.2, 0.25) is 0 Å². The second kappa shape index (κ2) is 9.41. The topological polar surface area (TPSA) is 178 Å². The number of anilines is 1. The van der Waals surface area contributed by atoms with E-state index in [1.54, 1.807) is 23.7 Å². The van der Waals surface area contributed by atoms with E-state index in [0.717, 1.165) is 40.2 Å². The van der Waals surface area contributed by atoms with E-state index in [2.05, 4.69) is 30.5 Å². The fourth-order valence-electron chi connectivity index (χ4n) is 6.20. The summed E-state index contributed by atoms with van der Waals surface area (Å²) in [5.41, 5.74) is 9.88. The van der Waals surface area contributed by atoms with Gasteiger partial charge >= 0.3 is 0 Å². The molecule has 3 N–H and O–H groups in total. The molecule has 3 atom stereocenters. The number of nitrogens with two attached hydrogens (primary N) is 1. The van der Waals surface area contributed by atoms with Crippen LogP contribution in [0.2, 0.25) is 0 Å². The van der Waals surface area contributed by atoms with Crippen molar-refractivity contribution in [3.8, 4) is 21.8 Å². The molecule has 2 bridgehead atoms. The quantitative estimate of drug-likeness (QED) is 0.309. The van der Waals surface area contributed by atoms with Gasteiger partial charge in [-0.25, -0.2) is 18.4 Å². The van der Waals surface area contributed by atoms with Gasteiger partial charge in [0.15, 0.2) is 21.2 Å². The first-order valence-corrected chi connectivity index (χ1v) is 15.8. The molecule has 0 saturated carbocycles. The van der Waals surface area contributed by atoms with Crippen LogP contribution in [-0.2, 0) is 9.84 Å². The fraction of sp³-hybridized carbons (Fsp3) is 0.346. The highest BCUT2D eigenvalue weighted by molar-refractivity contribution is 7.91. The summed E-state index contributed by atoms with van der Waals surface area (Å²) in [6.07, 6.45) is 10.5. The Morgan fingerprint density at radius 1 is 1.10 bits per heavy atom. The fourth-order valence-corrected chi connectivity index (χ4v) is 8.00. The Morgan fingerprint density at radius 3 is 2.49 bits per heavy atom. The van der Waals surface area contributed by atoms with Crippen molar-refractivity contribution in [2.75, 3.05) is 12.0 Å². The molecule has 0 aliphatic carbocycles. The summed E-state index contributed by atoms with van der Waals surface area (Å²) in [7, 11) is -3.74. The highest BCUT2D eigenvalue weighted by atomic mass is 32.2. The van der Waals surface area contributed by atoms with E-state index in [-0.39, 0.29) is 40.3 Å². The molecule has 0 radical (unpaired) electrons. The van der Waals surface area contributed by atoms with Crippen molar-refractivity contribution in [2.45, 2.75) is 55.5 Å². The molecule has 2 fully saturated rings. The van der Waals surface area contributed by atoms with Crippen LogP contribution >= 0.6 is 11.3 Å². The molecule has 41 heavy (non-hydrogen) atoms. The molecular weight excluding hydrogens is 564 g/mol. The third-order valence-corrected chi connectivity index (χ3v) is 10.0. The molecule has 5 aromatic rings. The van der Waals surface area contributed by atoms with Gasteiger partial charge in [0.1, 0.15) is 15.7 Å². The van der Waals surface area contributed by atoms with Crippen molar-refractivity contribution in [2.24, 2.45) is 0 Å². The number of H-pyrrole nitrogens is 1. The van der Waals surface area contributed by atoms with E-state index in [9.17, 15) is 13.2 Å². The zero-order valence-corrected chi connectivity index (χ0v) is 23.9. The number of carbonyl (C=O) groups excluding carboxylic acids is 1. The Bertz CT molecular complexity index is 1880. The molecule has 5 aromatic heterocycles. The second-order valence-corrected chi connectivity index (χ2v) is 13.8. The molecule has 1 amide bonds. The number of nitrogen functional groups attached to an aromatic ring is 1. The molecular formula is C26H26N10O3S2. The number of aryl methyl sites for hydroxylation is 1. The number of piperidine rings is 1. The number of hydrogen-bond donors (Lipinski definition) is 2. The lowest BCUT2D eigenvalue weighted by Crippen LogP contribution is -2.46. The summed E-state index contributed by atoms with van der Waals surface area (Å²) >= 11 is 1.57. The van der Waals surface area contributed by atoms with Gasteiger partial charge in [0.25, 0.3) is 5.91 Å². The van der Waals surface area contributed by atoms with E-state index < -0.39 is 9.84 Å². The Hall–Kier alpha value is -4.24. The molecule has 15 heteroatoms. The third kappa shape index (κ3) is 4.26. The van der Waals surface area contributed by atoms with Crippen LogP contribution in [0, 0.1) is 6.92 Å². The molecule has 0 aromatic carbocycles. The van der Waals surface area contributed by atoms with Crippen molar-refractivity contribution < 1.29 is 13.2 Å². The number of fused-ring (bicyclic) bond motifs is 3. The van der Waals surface area contributed by atoms with Gasteiger partial charge < -0.3 is 10.6 Å². The van der Waals surface area contributed by atoms with Gasteiger partial charge in [-0.3, -0.25) is 9.78 Å². The number of sulfone groups is 1. The summed E-state index contributed by atoms with van der Waals surface area (Å²) in [5, 5.41) is 15.5. The van der Waals surface area contributed by atoms with Gasteiger partial charge in [-0.2, -0.15) is 25.0 Å². The lowest BCUT2D eigenvalue weighted by molar-refractivity contribution is 0.0562. The van der Waals surface area contributed by atoms with Crippen molar-refractivity contribution in [1.29, 1.82) is 0 Å². The minimum atomic E-state index is -3.74. The average Bonchev–Trinajstić information content (AvgIpc) is 3.74. The van der Waals surface area contributed by atoms with Crippen LogP contribution < -0.4 is 5.73 Å². The van der Waals surface area contributed by atoms with Gasteiger partial charge in [0.05, 0.1) is 23.8 Å². The third-order valence-electron chi connectivity index (χ3n) is 7.94. The highest BCUT2D eigenvalue weighted by Gasteiger charge is 2.46. The van der Waals surface area contributed by atoms with Crippen LogP contribution in [0.15, 0.2) is 41.8 Å². The minimum absolute atomic E-state index is 0.00654. The van der Waals surface area contributed by atoms with Crippen molar-refractivity contribution in [3.63, 3.8) is 0 Å². The normalized spacial score (nSPS) is 20.6. The maximum absolute atomic E-state index is 13.2. The summed E-state index contributed by atoms with van der Waals surface area (Å²) in [5.74, 6) is -0.352. The van der Waals surface area contributed by atoms with Crippen LogP contribution in [0.5, 0.6) is 0 Å². The Labute approximate surface area is 238 Å². The predicted molar refractivity (Wildman–Crippen MR) is 151 cm³/mol. The van der Waals surface area contributed by atoms with Gasteiger partial charge in [0, 0.05) is 52.7 Å². The zero-order valence-electron chi connectivity index (χ0n) is 22.2. The molecule has 2 saturated heterocycles. The van der Waals surface area contributed by atoms with Crippen molar-refractivity contribution in [1.82, 2.24) is 44.9 Å². The first-order chi connectivity index (χ1) is 19.7. The average molecular weight is 591 g/mol. The number of rotatable bonds is 5. The van der Waals surface area contributed by atoms with Gasteiger partial charge in [-0.1, -0.05) is 6.07 Å². The van der Waals surface area contributed by atoms with E-state index >= 15 is 0 Å². The summed E-state index contributed by atoms with van der Waals surface area (Å²) < 4.78 is 27.5. The number of pyridine rings is 1. The SMILES string of the molecule is Cc1cnc(-c2ccc(-c3cnn4c(N)c(S(C)(=O)=O)c(C5CC6CC[C@H](C5)N6C(=O)c5cn[nH]n5)nc34)cn2)s1. The van der Waals surface area contributed by atoms with E-state index in [1.165, 1.54) is 10.7 Å². The molecule has 2 aliphatic heterocycles. The number of aromatic amines is 1.